The third kappa shape index (κ3) is 4.78. The molecular formula is C25H23ClN2O3. The van der Waals surface area contributed by atoms with Crippen LogP contribution in [0.1, 0.15) is 36.3 Å². The van der Waals surface area contributed by atoms with E-state index >= 15 is 0 Å². The summed E-state index contributed by atoms with van der Waals surface area (Å²) in [4.78, 5) is 35.5. The normalized spacial score (nSPS) is 16.2. The molecule has 2 heterocycles. The Kier molecular flexibility index (Phi) is 6.33. The lowest BCUT2D eigenvalue weighted by Gasteiger charge is -2.23. The highest BCUT2D eigenvalue weighted by Gasteiger charge is 2.30. The van der Waals surface area contributed by atoms with E-state index in [1.165, 1.54) is 5.56 Å². The van der Waals surface area contributed by atoms with Crippen LogP contribution in [0.2, 0.25) is 5.02 Å². The molecule has 1 atom stereocenters. The molecule has 5 nitrogen and oxygen atoms in total. The maximum Gasteiger partial charge on any atom is 0.250 e. The fourth-order valence-electron chi connectivity index (χ4n) is 3.98. The quantitative estimate of drug-likeness (QED) is 0.587. The molecule has 0 spiro atoms. The van der Waals surface area contributed by atoms with Gasteiger partial charge in [-0.15, -0.1) is 0 Å². The molecule has 4 rings (SSSR count). The predicted octanol–water partition coefficient (Wildman–Crippen LogP) is 4.32. The standard InChI is InChI=1S/C25H23ClN2O3/c26-24-19(6-3-7-20(24)21-13-14-22(29)27-25(21)31)18-11-9-17(10-12-18)5-4-16-28-15-2-1-8-23(28)30/h1-3,6-12,15,21H,4-5,13-14,16H2,(H,27,29,31). The van der Waals surface area contributed by atoms with Crippen LogP contribution in [0.3, 0.4) is 0 Å². The first-order chi connectivity index (χ1) is 15.0. The van der Waals surface area contributed by atoms with E-state index in [0.717, 1.165) is 29.5 Å². The first-order valence-electron chi connectivity index (χ1n) is 10.4. The van der Waals surface area contributed by atoms with Gasteiger partial charge < -0.3 is 4.57 Å². The van der Waals surface area contributed by atoms with Gasteiger partial charge in [0.15, 0.2) is 0 Å². The fraction of sp³-hybridized carbons (Fsp3) is 0.240. The van der Waals surface area contributed by atoms with E-state index in [-0.39, 0.29) is 17.4 Å². The van der Waals surface area contributed by atoms with Crippen LogP contribution in [-0.2, 0) is 22.6 Å². The number of aromatic nitrogens is 1. The molecule has 3 aromatic rings. The average Bonchev–Trinajstić information content (AvgIpc) is 2.76. The Hall–Kier alpha value is -3.18. The van der Waals surface area contributed by atoms with Crippen molar-refractivity contribution in [2.75, 3.05) is 0 Å². The van der Waals surface area contributed by atoms with Crippen molar-refractivity contribution in [3.63, 3.8) is 0 Å². The van der Waals surface area contributed by atoms with Crippen LogP contribution < -0.4 is 10.9 Å². The second-order valence-corrected chi connectivity index (χ2v) is 8.12. The summed E-state index contributed by atoms with van der Waals surface area (Å²) in [7, 11) is 0. The maximum absolute atomic E-state index is 12.3. The first kappa shape index (κ1) is 21.1. The molecule has 1 unspecified atom stereocenters. The minimum Gasteiger partial charge on any atom is -0.316 e. The van der Waals surface area contributed by atoms with Crippen LogP contribution >= 0.6 is 11.6 Å². The van der Waals surface area contributed by atoms with Gasteiger partial charge in [0.1, 0.15) is 0 Å². The Bertz CT molecular complexity index is 1170. The molecule has 158 valence electrons. The highest BCUT2D eigenvalue weighted by molar-refractivity contribution is 6.34. The molecule has 1 aliphatic rings. The number of rotatable bonds is 6. The SMILES string of the molecule is O=C1CCC(c2cccc(-c3ccc(CCCn4ccccc4=O)cc3)c2Cl)C(=O)N1. The van der Waals surface area contributed by atoms with E-state index < -0.39 is 5.92 Å². The number of hydrogen-bond donors (Lipinski definition) is 1. The molecule has 6 heteroatoms. The van der Waals surface area contributed by atoms with Crippen molar-refractivity contribution >= 4 is 23.4 Å². The number of nitrogens with zero attached hydrogens (tertiary/aromatic N) is 1. The Morgan fingerprint density at radius 1 is 0.968 bits per heavy atom. The summed E-state index contributed by atoms with van der Waals surface area (Å²) in [5.74, 6) is -0.935. The molecule has 2 aromatic carbocycles. The van der Waals surface area contributed by atoms with Crippen molar-refractivity contribution in [1.29, 1.82) is 0 Å². The highest BCUT2D eigenvalue weighted by Crippen LogP contribution is 2.37. The molecule has 2 amide bonds. The van der Waals surface area contributed by atoms with E-state index in [1.54, 1.807) is 16.7 Å². The van der Waals surface area contributed by atoms with Gasteiger partial charge in [-0.25, -0.2) is 0 Å². The van der Waals surface area contributed by atoms with Crippen LogP contribution in [0.25, 0.3) is 11.1 Å². The van der Waals surface area contributed by atoms with E-state index in [2.05, 4.69) is 17.4 Å². The van der Waals surface area contributed by atoms with Gasteiger partial charge >= 0.3 is 0 Å². The minimum absolute atomic E-state index is 0.0170. The molecule has 31 heavy (non-hydrogen) atoms. The lowest BCUT2D eigenvalue weighted by molar-refractivity contribution is -0.134. The van der Waals surface area contributed by atoms with E-state index in [0.29, 0.717) is 24.4 Å². The maximum atomic E-state index is 12.3. The summed E-state index contributed by atoms with van der Waals surface area (Å²) in [6, 6.07) is 19.1. The molecule has 1 saturated heterocycles. The fourth-order valence-corrected chi connectivity index (χ4v) is 4.35. The van der Waals surface area contributed by atoms with Crippen LogP contribution in [-0.4, -0.2) is 16.4 Å². The summed E-state index contributed by atoms with van der Waals surface area (Å²) >= 11 is 6.69. The van der Waals surface area contributed by atoms with Gasteiger partial charge in [-0.3, -0.25) is 19.7 Å². The van der Waals surface area contributed by atoms with Crippen molar-refractivity contribution in [2.45, 2.75) is 38.1 Å². The Morgan fingerprint density at radius 3 is 2.52 bits per heavy atom. The van der Waals surface area contributed by atoms with Gasteiger partial charge in [0.05, 0.1) is 10.9 Å². The number of carbonyl (C=O) groups is 2. The number of piperidine rings is 1. The number of benzene rings is 2. The minimum atomic E-state index is -0.411. The second-order valence-electron chi connectivity index (χ2n) is 7.75. The number of nitrogens with one attached hydrogen (secondary N) is 1. The van der Waals surface area contributed by atoms with Crippen LogP contribution in [0.15, 0.2) is 71.7 Å². The van der Waals surface area contributed by atoms with Gasteiger partial charge in [-0.1, -0.05) is 60.1 Å². The third-order valence-corrected chi connectivity index (χ3v) is 6.09. The van der Waals surface area contributed by atoms with Crippen molar-refractivity contribution in [1.82, 2.24) is 9.88 Å². The highest BCUT2D eigenvalue weighted by atomic mass is 35.5. The molecule has 1 aromatic heterocycles. The lowest BCUT2D eigenvalue weighted by atomic mass is 9.88. The Balaban J connectivity index is 1.46. The summed E-state index contributed by atoms with van der Waals surface area (Å²) in [6.07, 6.45) is 4.33. The zero-order valence-electron chi connectivity index (χ0n) is 17.0. The molecule has 0 aliphatic carbocycles. The van der Waals surface area contributed by atoms with E-state index in [9.17, 15) is 14.4 Å². The lowest BCUT2D eigenvalue weighted by Crippen LogP contribution is -2.39. The number of hydrogen-bond acceptors (Lipinski definition) is 3. The molecule has 0 radical (unpaired) electrons. The van der Waals surface area contributed by atoms with Crippen molar-refractivity contribution < 1.29 is 9.59 Å². The van der Waals surface area contributed by atoms with Gasteiger partial charge in [0, 0.05) is 30.8 Å². The summed E-state index contributed by atoms with van der Waals surface area (Å²) < 4.78 is 1.72. The van der Waals surface area contributed by atoms with Gasteiger partial charge in [0.2, 0.25) is 17.4 Å². The summed E-state index contributed by atoms with van der Waals surface area (Å²) in [5.41, 5.74) is 3.79. The van der Waals surface area contributed by atoms with E-state index in [4.69, 9.17) is 11.6 Å². The van der Waals surface area contributed by atoms with Crippen LogP contribution in [0.4, 0.5) is 0 Å². The van der Waals surface area contributed by atoms with E-state index in [1.807, 2.05) is 42.6 Å². The average molecular weight is 435 g/mol. The zero-order valence-corrected chi connectivity index (χ0v) is 17.8. The number of halogens is 1. The number of imide groups is 1. The number of pyridine rings is 1. The largest absolute Gasteiger partial charge is 0.316 e. The number of amides is 2. The molecule has 0 bridgehead atoms. The van der Waals surface area contributed by atoms with Gasteiger partial charge in [-0.05, 0) is 42.0 Å². The third-order valence-electron chi connectivity index (χ3n) is 5.67. The summed E-state index contributed by atoms with van der Waals surface area (Å²) in [5, 5.41) is 2.95. The molecule has 1 aliphatic heterocycles. The second kappa shape index (κ2) is 9.31. The topological polar surface area (TPSA) is 68.2 Å². The molecule has 1 fully saturated rings. The molecule has 1 N–H and O–H groups in total. The summed E-state index contributed by atoms with van der Waals surface area (Å²) in [6.45, 7) is 0.682. The van der Waals surface area contributed by atoms with Gasteiger partial charge in [-0.2, -0.15) is 0 Å². The molecule has 0 saturated carbocycles. The Labute approximate surface area is 185 Å². The predicted molar refractivity (Wildman–Crippen MR) is 121 cm³/mol. The van der Waals surface area contributed by atoms with Crippen molar-refractivity contribution in [3.05, 3.63) is 93.4 Å². The smallest absolute Gasteiger partial charge is 0.250 e. The zero-order chi connectivity index (χ0) is 21.8. The van der Waals surface area contributed by atoms with Crippen molar-refractivity contribution in [3.8, 4) is 11.1 Å². The monoisotopic (exact) mass is 434 g/mol. The van der Waals surface area contributed by atoms with Crippen LogP contribution in [0, 0.1) is 0 Å². The number of carbonyl (C=O) groups excluding carboxylic acids is 2. The van der Waals surface area contributed by atoms with Gasteiger partial charge in [0.25, 0.3) is 0 Å². The van der Waals surface area contributed by atoms with Crippen molar-refractivity contribution in [2.24, 2.45) is 0 Å². The van der Waals surface area contributed by atoms with Crippen LogP contribution in [0.5, 0.6) is 0 Å². The first-order valence-corrected chi connectivity index (χ1v) is 10.8. The number of aryl methyl sites for hydroxylation is 2. The molecular weight excluding hydrogens is 412 g/mol. The Morgan fingerprint density at radius 2 is 1.77 bits per heavy atom.